The summed E-state index contributed by atoms with van der Waals surface area (Å²) in [5, 5.41) is 3.35. The zero-order valence-corrected chi connectivity index (χ0v) is 14.6. The first kappa shape index (κ1) is 17.3. The minimum absolute atomic E-state index is 0.123. The predicted octanol–water partition coefficient (Wildman–Crippen LogP) is 2.99. The molecule has 1 heterocycles. The van der Waals surface area contributed by atoms with Gasteiger partial charge in [-0.15, -0.1) is 0 Å². The second kappa shape index (κ2) is 7.46. The molecule has 122 valence electrons. The molecule has 0 unspecified atom stereocenters. The Balaban J connectivity index is 2.01. The maximum absolute atomic E-state index is 12.1. The van der Waals surface area contributed by atoms with Crippen molar-refractivity contribution in [3.05, 3.63) is 50.9 Å². The maximum Gasteiger partial charge on any atom is 0.254 e. The number of H-pyrrole nitrogens is 1. The third-order valence-electron chi connectivity index (χ3n) is 3.55. The van der Waals surface area contributed by atoms with Crippen LogP contribution in [0.15, 0.2) is 28.2 Å². The number of aryl methyl sites for hydroxylation is 3. The summed E-state index contributed by atoms with van der Waals surface area (Å²) in [6.45, 7) is 7.71. The largest absolute Gasteiger partial charge is 0.325 e. The summed E-state index contributed by atoms with van der Waals surface area (Å²) < 4.78 is 0. The number of nitrogens with one attached hydrogen (secondary N) is 2. The van der Waals surface area contributed by atoms with E-state index in [9.17, 15) is 9.59 Å². The first-order valence-corrected chi connectivity index (χ1v) is 8.49. The van der Waals surface area contributed by atoms with E-state index in [2.05, 4.69) is 15.3 Å². The van der Waals surface area contributed by atoms with E-state index in [1.807, 2.05) is 45.9 Å². The molecule has 0 atom stereocenters. The van der Waals surface area contributed by atoms with E-state index in [1.54, 1.807) is 0 Å². The van der Waals surface area contributed by atoms with Gasteiger partial charge in [-0.1, -0.05) is 36.4 Å². The molecule has 2 rings (SSSR count). The smallest absolute Gasteiger partial charge is 0.254 e. The normalized spacial score (nSPS) is 10.6. The van der Waals surface area contributed by atoms with Gasteiger partial charge in [-0.25, -0.2) is 4.98 Å². The van der Waals surface area contributed by atoms with Gasteiger partial charge in [0, 0.05) is 16.9 Å². The molecule has 0 radical (unpaired) electrons. The molecule has 6 heteroatoms. The minimum atomic E-state index is -0.128. The number of anilines is 1. The average molecular weight is 331 g/mol. The number of aromatic nitrogens is 2. The van der Waals surface area contributed by atoms with E-state index in [4.69, 9.17) is 0 Å². The van der Waals surface area contributed by atoms with Crippen molar-refractivity contribution in [2.45, 2.75) is 39.3 Å². The third-order valence-corrected chi connectivity index (χ3v) is 4.42. The number of carbonyl (C=O) groups is 1. The molecule has 2 aromatic rings. The van der Waals surface area contributed by atoms with Crippen molar-refractivity contribution in [3.8, 4) is 0 Å². The quantitative estimate of drug-likeness (QED) is 0.652. The van der Waals surface area contributed by atoms with E-state index >= 15 is 0 Å². The van der Waals surface area contributed by atoms with Crippen LogP contribution in [0.25, 0.3) is 0 Å². The molecule has 0 aliphatic carbocycles. The predicted molar refractivity (Wildman–Crippen MR) is 94.2 cm³/mol. The Hall–Kier alpha value is -2.08. The van der Waals surface area contributed by atoms with Crippen molar-refractivity contribution in [3.63, 3.8) is 0 Å². The van der Waals surface area contributed by atoms with Gasteiger partial charge in [0.25, 0.3) is 5.56 Å². The molecule has 1 aromatic heterocycles. The number of thioether (sulfide) groups is 1. The first-order chi connectivity index (χ1) is 10.9. The van der Waals surface area contributed by atoms with Crippen molar-refractivity contribution in [1.29, 1.82) is 0 Å². The van der Waals surface area contributed by atoms with Crippen LogP contribution < -0.4 is 10.9 Å². The number of hydrogen-bond acceptors (Lipinski definition) is 4. The molecule has 0 saturated carbocycles. The number of nitrogens with zero attached hydrogens (tertiary/aromatic N) is 1. The van der Waals surface area contributed by atoms with Gasteiger partial charge in [0.1, 0.15) is 0 Å². The summed E-state index contributed by atoms with van der Waals surface area (Å²) >= 11 is 1.23. The van der Waals surface area contributed by atoms with Gasteiger partial charge in [-0.05, 0) is 38.8 Å². The highest BCUT2D eigenvalue weighted by Gasteiger charge is 2.10. The van der Waals surface area contributed by atoms with Gasteiger partial charge in [0.2, 0.25) is 5.91 Å². The number of carbonyl (C=O) groups excluding carboxylic acids is 1. The van der Waals surface area contributed by atoms with Gasteiger partial charge < -0.3 is 10.3 Å². The lowest BCUT2D eigenvalue weighted by molar-refractivity contribution is -0.113. The van der Waals surface area contributed by atoms with E-state index in [0.29, 0.717) is 22.8 Å². The van der Waals surface area contributed by atoms with Crippen LogP contribution in [0.5, 0.6) is 0 Å². The van der Waals surface area contributed by atoms with Crippen molar-refractivity contribution in [1.82, 2.24) is 9.97 Å². The molecule has 23 heavy (non-hydrogen) atoms. The molecular weight excluding hydrogens is 310 g/mol. The lowest BCUT2D eigenvalue weighted by Gasteiger charge is -2.09. The zero-order valence-electron chi connectivity index (χ0n) is 13.8. The topological polar surface area (TPSA) is 74.8 Å². The molecule has 0 aliphatic heterocycles. The second-order valence-electron chi connectivity index (χ2n) is 5.44. The molecule has 5 nitrogen and oxygen atoms in total. The second-order valence-corrected chi connectivity index (χ2v) is 6.41. The zero-order chi connectivity index (χ0) is 17.0. The number of rotatable bonds is 5. The van der Waals surface area contributed by atoms with E-state index in [-0.39, 0.29) is 17.2 Å². The number of aromatic amines is 1. The Morgan fingerprint density at radius 2 is 2.04 bits per heavy atom. The van der Waals surface area contributed by atoms with Crippen molar-refractivity contribution in [2.75, 3.05) is 11.1 Å². The van der Waals surface area contributed by atoms with Gasteiger partial charge >= 0.3 is 0 Å². The van der Waals surface area contributed by atoms with Crippen LogP contribution >= 0.6 is 11.8 Å². The van der Waals surface area contributed by atoms with Crippen LogP contribution in [0.2, 0.25) is 0 Å². The fourth-order valence-electron chi connectivity index (χ4n) is 2.34. The van der Waals surface area contributed by atoms with Crippen LogP contribution in [0.4, 0.5) is 5.69 Å². The summed E-state index contributed by atoms with van der Waals surface area (Å²) in [5.74, 6) is 0.0723. The van der Waals surface area contributed by atoms with Crippen LogP contribution in [0.1, 0.15) is 29.3 Å². The Labute approximate surface area is 139 Å². The molecular formula is C17H21N3O2S. The van der Waals surface area contributed by atoms with Gasteiger partial charge in [-0.2, -0.15) is 0 Å². The lowest BCUT2D eigenvalue weighted by Crippen LogP contribution is -2.18. The van der Waals surface area contributed by atoms with Crippen molar-refractivity contribution in [2.24, 2.45) is 0 Å². The summed E-state index contributed by atoms with van der Waals surface area (Å²) in [6, 6.07) is 5.88. The molecule has 2 N–H and O–H groups in total. The highest BCUT2D eigenvalue weighted by Crippen LogP contribution is 2.18. The summed E-state index contributed by atoms with van der Waals surface area (Å²) in [6.07, 6.45) is 0.645. The standard InChI is InChI=1S/C17H21N3O2S/c1-5-13-12(4)18-17(20-16(13)22)23-9-15(21)19-14-7-6-10(2)8-11(14)3/h6-8H,5,9H2,1-4H3,(H,19,21)(H,18,20,22). The Bertz CT molecular complexity index is 784. The monoisotopic (exact) mass is 331 g/mol. The van der Waals surface area contributed by atoms with Crippen LogP contribution in [0.3, 0.4) is 0 Å². The summed E-state index contributed by atoms with van der Waals surface area (Å²) in [7, 11) is 0. The SMILES string of the molecule is CCc1c(C)nc(SCC(=O)Nc2ccc(C)cc2C)[nH]c1=O. The molecule has 0 fully saturated rings. The molecule has 1 aromatic carbocycles. The first-order valence-electron chi connectivity index (χ1n) is 7.50. The average Bonchev–Trinajstić information content (AvgIpc) is 2.48. The Kier molecular flexibility index (Phi) is 5.60. The Morgan fingerprint density at radius 3 is 2.65 bits per heavy atom. The number of hydrogen-bond donors (Lipinski definition) is 2. The van der Waals surface area contributed by atoms with Crippen molar-refractivity contribution >= 4 is 23.4 Å². The molecule has 0 saturated heterocycles. The van der Waals surface area contributed by atoms with E-state index < -0.39 is 0 Å². The highest BCUT2D eigenvalue weighted by molar-refractivity contribution is 7.99. The number of amides is 1. The minimum Gasteiger partial charge on any atom is -0.325 e. The van der Waals surface area contributed by atoms with Gasteiger partial charge in [0.05, 0.1) is 5.75 Å². The van der Waals surface area contributed by atoms with Gasteiger partial charge in [0.15, 0.2) is 5.16 Å². The third kappa shape index (κ3) is 4.45. The summed E-state index contributed by atoms with van der Waals surface area (Å²) in [4.78, 5) is 31.0. The molecule has 0 aliphatic rings. The van der Waals surface area contributed by atoms with Crippen molar-refractivity contribution < 1.29 is 4.79 Å². The molecule has 0 spiro atoms. The van der Waals surface area contributed by atoms with Crippen LogP contribution in [0, 0.1) is 20.8 Å². The summed E-state index contributed by atoms with van der Waals surface area (Å²) in [5.41, 5.74) is 4.27. The molecule has 1 amide bonds. The lowest BCUT2D eigenvalue weighted by atomic mass is 10.1. The molecule has 0 bridgehead atoms. The fraction of sp³-hybridized carbons (Fsp3) is 0.353. The van der Waals surface area contributed by atoms with Crippen LogP contribution in [-0.2, 0) is 11.2 Å². The fourth-order valence-corrected chi connectivity index (χ4v) is 3.05. The maximum atomic E-state index is 12.1. The van der Waals surface area contributed by atoms with E-state index in [1.165, 1.54) is 11.8 Å². The highest BCUT2D eigenvalue weighted by atomic mass is 32.2. The van der Waals surface area contributed by atoms with Gasteiger partial charge in [-0.3, -0.25) is 9.59 Å². The number of benzene rings is 1. The Morgan fingerprint density at radius 1 is 1.30 bits per heavy atom. The van der Waals surface area contributed by atoms with E-state index in [0.717, 1.165) is 16.8 Å². The van der Waals surface area contributed by atoms with Crippen LogP contribution in [-0.4, -0.2) is 21.6 Å².